The number of rotatable bonds is 4. The minimum absolute atomic E-state index is 0.604. The molecular formula is C20H16N6S. The predicted molar refractivity (Wildman–Crippen MR) is 109 cm³/mol. The largest absolute Gasteiger partial charge is 0.364 e. The van der Waals surface area contributed by atoms with Crippen molar-refractivity contribution in [1.82, 2.24) is 24.9 Å². The molecular weight excluding hydrogens is 356 g/mol. The minimum Gasteiger partial charge on any atom is -0.364 e. The fourth-order valence-corrected chi connectivity index (χ4v) is 3.89. The number of pyridine rings is 1. The molecule has 0 saturated carbocycles. The summed E-state index contributed by atoms with van der Waals surface area (Å²) in [6.07, 6.45) is 3.15. The standard InChI is InChI=1S/C20H16N6S/c1-12-3-2-4-13-7-15(17(26-16(12)13)14-5-6-27-9-14)8-21-19-18-20(23-10-22-18)25-11-24-19/h2-7,9-11H,8H2,1H3,(H2,21,22,23,24,25). The summed E-state index contributed by atoms with van der Waals surface area (Å²) < 4.78 is 0. The second kappa shape index (κ2) is 6.44. The molecule has 0 saturated heterocycles. The predicted octanol–water partition coefficient (Wildman–Crippen LogP) is 4.55. The molecule has 6 nitrogen and oxygen atoms in total. The molecule has 1 aromatic carbocycles. The molecule has 0 fully saturated rings. The molecule has 0 aliphatic heterocycles. The van der Waals surface area contributed by atoms with Gasteiger partial charge in [0.1, 0.15) is 11.8 Å². The van der Waals surface area contributed by atoms with Gasteiger partial charge in [0.2, 0.25) is 0 Å². The number of aromatic nitrogens is 5. The third-order valence-electron chi connectivity index (χ3n) is 4.59. The summed E-state index contributed by atoms with van der Waals surface area (Å²) in [5, 5.41) is 8.76. The number of aromatic amines is 1. The summed E-state index contributed by atoms with van der Waals surface area (Å²) in [7, 11) is 0. The number of anilines is 1. The van der Waals surface area contributed by atoms with Crippen LogP contribution in [0.25, 0.3) is 33.3 Å². The van der Waals surface area contributed by atoms with Crippen LogP contribution in [-0.4, -0.2) is 24.9 Å². The van der Waals surface area contributed by atoms with Gasteiger partial charge in [0, 0.05) is 22.9 Å². The van der Waals surface area contributed by atoms with Crippen LogP contribution in [0.5, 0.6) is 0 Å². The number of benzene rings is 1. The quantitative estimate of drug-likeness (QED) is 0.484. The van der Waals surface area contributed by atoms with Gasteiger partial charge in [-0.25, -0.2) is 19.9 Å². The summed E-state index contributed by atoms with van der Waals surface area (Å²) in [4.78, 5) is 20.8. The average molecular weight is 372 g/mol. The Morgan fingerprint density at radius 1 is 1.15 bits per heavy atom. The maximum Gasteiger partial charge on any atom is 0.182 e. The van der Waals surface area contributed by atoms with Crippen molar-refractivity contribution in [2.45, 2.75) is 13.5 Å². The third-order valence-corrected chi connectivity index (χ3v) is 5.27. The van der Waals surface area contributed by atoms with Gasteiger partial charge in [-0.2, -0.15) is 11.3 Å². The van der Waals surface area contributed by atoms with Gasteiger partial charge in [0.25, 0.3) is 0 Å². The van der Waals surface area contributed by atoms with Crippen LogP contribution in [0.15, 0.2) is 53.7 Å². The SMILES string of the molecule is Cc1cccc2cc(CNc3ncnc4nc[nH]c34)c(-c3ccsc3)nc12. The molecule has 0 aliphatic carbocycles. The molecule has 7 heteroatoms. The van der Waals surface area contributed by atoms with Gasteiger partial charge in [-0.3, -0.25) is 0 Å². The van der Waals surface area contributed by atoms with Gasteiger partial charge < -0.3 is 10.3 Å². The number of nitrogens with zero attached hydrogens (tertiary/aromatic N) is 4. The molecule has 2 N–H and O–H groups in total. The number of hydrogen-bond acceptors (Lipinski definition) is 6. The highest BCUT2D eigenvalue weighted by Gasteiger charge is 2.12. The zero-order valence-electron chi connectivity index (χ0n) is 14.6. The zero-order valence-corrected chi connectivity index (χ0v) is 15.4. The topological polar surface area (TPSA) is 79.4 Å². The Hall–Kier alpha value is -3.32. The van der Waals surface area contributed by atoms with E-state index < -0.39 is 0 Å². The van der Waals surface area contributed by atoms with E-state index in [2.05, 4.69) is 73.3 Å². The molecule has 5 aromatic rings. The Morgan fingerprint density at radius 3 is 3.00 bits per heavy atom. The Kier molecular flexibility index (Phi) is 3.79. The van der Waals surface area contributed by atoms with Crippen molar-refractivity contribution in [3.05, 3.63) is 64.9 Å². The molecule has 0 bridgehead atoms. The molecule has 4 aromatic heterocycles. The van der Waals surface area contributed by atoms with Gasteiger partial charge in [-0.1, -0.05) is 18.2 Å². The molecule has 4 heterocycles. The van der Waals surface area contributed by atoms with Crippen molar-refractivity contribution >= 4 is 39.2 Å². The monoisotopic (exact) mass is 372 g/mol. The lowest BCUT2D eigenvalue weighted by atomic mass is 10.0. The van der Waals surface area contributed by atoms with Crippen molar-refractivity contribution in [1.29, 1.82) is 0 Å². The molecule has 0 amide bonds. The second-order valence-electron chi connectivity index (χ2n) is 6.33. The van der Waals surface area contributed by atoms with Crippen LogP contribution in [0, 0.1) is 6.92 Å². The van der Waals surface area contributed by atoms with Crippen molar-refractivity contribution in [2.24, 2.45) is 0 Å². The van der Waals surface area contributed by atoms with Crippen LogP contribution in [-0.2, 0) is 6.54 Å². The average Bonchev–Trinajstić information content (AvgIpc) is 3.38. The molecule has 0 aliphatic rings. The Labute approximate surface area is 159 Å². The highest BCUT2D eigenvalue weighted by atomic mass is 32.1. The zero-order chi connectivity index (χ0) is 18.2. The Morgan fingerprint density at radius 2 is 2.11 bits per heavy atom. The van der Waals surface area contributed by atoms with Crippen LogP contribution in [0.3, 0.4) is 0 Å². The van der Waals surface area contributed by atoms with Crippen LogP contribution in [0.2, 0.25) is 0 Å². The normalized spacial score (nSPS) is 11.3. The first-order chi connectivity index (χ1) is 13.3. The lowest BCUT2D eigenvalue weighted by molar-refractivity contribution is 1.09. The van der Waals surface area contributed by atoms with Crippen LogP contribution in [0.4, 0.5) is 5.82 Å². The van der Waals surface area contributed by atoms with E-state index in [-0.39, 0.29) is 0 Å². The first kappa shape index (κ1) is 15.9. The number of H-pyrrole nitrogens is 1. The summed E-state index contributed by atoms with van der Waals surface area (Å²) in [5.41, 5.74) is 6.94. The number of thiophene rings is 1. The van der Waals surface area contributed by atoms with E-state index in [9.17, 15) is 0 Å². The number of aryl methyl sites for hydroxylation is 1. The Balaban J connectivity index is 1.59. The third kappa shape index (κ3) is 2.82. The van der Waals surface area contributed by atoms with Crippen LogP contribution < -0.4 is 5.32 Å². The highest BCUT2D eigenvalue weighted by Crippen LogP contribution is 2.29. The summed E-state index contributed by atoms with van der Waals surface area (Å²) >= 11 is 1.68. The van der Waals surface area contributed by atoms with E-state index in [4.69, 9.17) is 4.98 Å². The lowest BCUT2D eigenvalue weighted by Gasteiger charge is -2.13. The summed E-state index contributed by atoms with van der Waals surface area (Å²) in [6, 6.07) is 10.6. The second-order valence-corrected chi connectivity index (χ2v) is 7.11. The summed E-state index contributed by atoms with van der Waals surface area (Å²) in [6.45, 7) is 2.70. The summed E-state index contributed by atoms with van der Waals surface area (Å²) in [5.74, 6) is 0.734. The maximum absolute atomic E-state index is 5.00. The lowest BCUT2D eigenvalue weighted by Crippen LogP contribution is -2.05. The van der Waals surface area contributed by atoms with Gasteiger partial charge in [0.15, 0.2) is 11.5 Å². The number of fused-ring (bicyclic) bond motifs is 2. The molecule has 0 spiro atoms. The van der Waals surface area contributed by atoms with E-state index in [0.717, 1.165) is 39.1 Å². The van der Waals surface area contributed by atoms with E-state index in [1.807, 2.05) is 0 Å². The fraction of sp³-hybridized carbons (Fsp3) is 0.100. The van der Waals surface area contributed by atoms with Gasteiger partial charge >= 0.3 is 0 Å². The first-order valence-corrected chi connectivity index (χ1v) is 9.53. The molecule has 27 heavy (non-hydrogen) atoms. The van der Waals surface area contributed by atoms with E-state index in [0.29, 0.717) is 12.2 Å². The van der Waals surface area contributed by atoms with Gasteiger partial charge in [-0.05, 0) is 35.6 Å². The fourth-order valence-electron chi connectivity index (χ4n) is 3.25. The molecule has 0 atom stereocenters. The van der Waals surface area contributed by atoms with Gasteiger partial charge in [0.05, 0.1) is 17.5 Å². The van der Waals surface area contributed by atoms with Crippen molar-refractivity contribution < 1.29 is 0 Å². The molecule has 132 valence electrons. The molecule has 0 radical (unpaired) electrons. The van der Waals surface area contributed by atoms with Gasteiger partial charge in [-0.15, -0.1) is 0 Å². The maximum atomic E-state index is 5.00. The highest BCUT2D eigenvalue weighted by molar-refractivity contribution is 7.08. The van der Waals surface area contributed by atoms with Crippen molar-refractivity contribution in [3.63, 3.8) is 0 Å². The number of imidazole rings is 1. The van der Waals surface area contributed by atoms with Crippen molar-refractivity contribution in [3.8, 4) is 11.3 Å². The van der Waals surface area contributed by atoms with E-state index in [1.165, 1.54) is 11.9 Å². The number of hydrogen-bond donors (Lipinski definition) is 2. The van der Waals surface area contributed by atoms with E-state index >= 15 is 0 Å². The van der Waals surface area contributed by atoms with Crippen molar-refractivity contribution in [2.75, 3.05) is 5.32 Å². The van der Waals surface area contributed by atoms with Crippen LogP contribution >= 0.6 is 11.3 Å². The number of para-hydroxylation sites is 1. The number of nitrogens with one attached hydrogen (secondary N) is 2. The molecule has 0 unspecified atom stereocenters. The smallest absolute Gasteiger partial charge is 0.182 e. The minimum atomic E-state index is 0.604. The van der Waals surface area contributed by atoms with Crippen LogP contribution in [0.1, 0.15) is 11.1 Å². The molecule has 5 rings (SSSR count). The van der Waals surface area contributed by atoms with E-state index in [1.54, 1.807) is 17.7 Å². The first-order valence-electron chi connectivity index (χ1n) is 8.59. The Bertz CT molecular complexity index is 1240.